The summed E-state index contributed by atoms with van der Waals surface area (Å²) >= 11 is 0. The molecule has 2 aliphatic heterocycles. The lowest BCUT2D eigenvalue weighted by Gasteiger charge is -2.37. The molecule has 0 aliphatic carbocycles. The van der Waals surface area contributed by atoms with Gasteiger partial charge in [-0.2, -0.15) is 0 Å². The summed E-state index contributed by atoms with van der Waals surface area (Å²) in [5.74, 6) is 2.87. The van der Waals surface area contributed by atoms with Gasteiger partial charge in [-0.1, -0.05) is 0 Å². The second kappa shape index (κ2) is 7.59. The summed E-state index contributed by atoms with van der Waals surface area (Å²) in [5, 5.41) is 3.40. The molecule has 1 saturated heterocycles. The van der Waals surface area contributed by atoms with E-state index in [2.05, 4.69) is 36.1 Å². The molecule has 4 rings (SSSR count). The van der Waals surface area contributed by atoms with Crippen molar-refractivity contribution in [3.05, 3.63) is 36.7 Å². The van der Waals surface area contributed by atoms with E-state index < -0.39 is 0 Å². The molecule has 3 heterocycles. The fourth-order valence-electron chi connectivity index (χ4n) is 3.32. The molecule has 0 bridgehead atoms. The summed E-state index contributed by atoms with van der Waals surface area (Å²) < 4.78 is 5.22. The topological polar surface area (TPSA) is 65.9 Å². The minimum absolute atomic E-state index is 0.846. The third kappa shape index (κ3) is 3.56. The van der Waals surface area contributed by atoms with E-state index >= 15 is 0 Å². The van der Waals surface area contributed by atoms with Crippen molar-refractivity contribution >= 4 is 11.8 Å². The number of hydrogen-bond donors (Lipinski definition) is 1. The highest BCUT2D eigenvalue weighted by molar-refractivity contribution is 5.80. The van der Waals surface area contributed by atoms with Crippen molar-refractivity contribution in [3.63, 3.8) is 0 Å². The van der Waals surface area contributed by atoms with Crippen LogP contribution in [0.5, 0.6) is 5.75 Å². The van der Waals surface area contributed by atoms with E-state index in [1.54, 1.807) is 13.4 Å². The van der Waals surface area contributed by atoms with Crippen molar-refractivity contribution in [2.75, 3.05) is 51.3 Å². The zero-order valence-corrected chi connectivity index (χ0v) is 15.1. The standard InChI is InChI=1S/C19H24N6O/c1-26-16-5-3-15(4-6-16)17-13-18(23-14-22-17)24-9-11-25(12-10-24)19-20-7-2-8-21-19/h3-6,13-14H,2,7-12H2,1H3,(H,20,21). The summed E-state index contributed by atoms with van der Waals surface area (Å²) in [5.41, 5.74) is 1.99. The Morgan fingerprint density at radius 2 is 1.77 bits per heavy atom. The van der Waals surface area contributed by atoms with Crippen LogP contribution in [0.4, 0.5) is 5.82 Å². The van der Waals surface area contributed by atoms with E-state index in [0.717, 1.165) is 74.5 Å². The van der Waals surface area contributed by atoms with Crippen molar-refractivity contribution in [1.29, 1.82) is 0 Å². The van der Waals surface area contributed by atoms with Crippen LogP contribution in [0.2, 0.25) is 0 Å². The second-order valence-corrected chi connectivity index (χ2v) is 6.45. The average molecular weight is 352 g/mol. The first-order chi connectivity index (χ1) is 12.8. The largest absolute Gasteiger partial charge is 0.497 e. The van der Waals surface area contributed by atoms with Gasteiger partial charge in [-0.05, 0) is 30.7 Å². The van der Waals surface area contributed by atoms with Crippen molar-refractivity contribution in [3.8, 4) is 17.0 Å². The van der Waals surface area contributed by atoms with Crippen LogP contribution in [0, 0.1) is 0 Å². The first-order valence-corrected chi connectivity index (χ1v) is 9.08. The van der Waals surface area contributed by atoms with Crippen LogP contribution in [-0.4, -0.2) is 67.2 Å². The van der Waals surface area contributed by atoms with Gasteiger partial charge in [0.1, 0.15) is 17.9 Å². The van der Waals surface area contributed by atoms with Gasteiger partial charge in [0.05, 0.1) is 12.8 Å². The molecule has 0 unspecified atom stereocenters. The van der Waals surface area contributed by atoms with Gasteiger partial charge in [-0.15, -0.1) is 0 Å². The number of nitrogens with zero attached hydrogens (tertiary/aromatic N) is 5. The Hall–Kier alpha value is -2.83. The molecule has 1 aromatic heterocycles. The van der Waals surface area contributed by atoms with Gasteiger partial charge in [0.2, 0.25) is 0 Å². The summed E-state index contributed by atoms with van der Waals surface area (Å²) in [6, 6.07) is 10.0. The van der Waals surface area contributed by atoms with Gasteiger partial charge in [-0.25, -0.2) is 9.97 Å². The molecule has 1 N–H and O–H groups in total. The third-order valence-electron chi connectivity index (χ3n) is 4.82. The second-order valence-electron chi connectivity index (χ2n) is 6.45. The quantitative estimate of drug-likeness (QED) is 0.906. The Morgan fingerprint density at radius 3 is 2.46 bits per heavy atom. The fourth-order valence-corrected chi connectivity index (χ4v) is 3.32. The molecule has 136 valence electrons. The number of aromatic nitrogens is 2. The van der Waals surface area contributed by atoms with E-state index in [1.165, 1.54) is 0 Å². The number of rotatable bonds is 3. The summed E-state index contributed by atoms with van der Waals surface area (Å²) in [7, 11) is 1.67. The molecule has 0 atom stereocenters. The van der Waals surface area contributed by atoms with E-state index in [1.807, 2.05) is 24.3 Å². The van der Waals surface area contributed by atoms with Crippen LogP contribution in [0.1, 0.15) is 6.42 Å². The van der Waals surface area contributed by atoms with Crippen molar-refractivity contribution in [2.45, 2.75) is 6.42 Å². The maximum absolute atomic E-state index is 5.22. The van der Waals surface area contributed by atoms with Gasteiger partial charge in [0.15, 0.2) is 5.96 Å². The number of benzene rings is 1. The summed E-state index contributed by atoms with van der Waals surface area (Å²) in [4.78, 5) is 18.2. The SMILES string of the molecule is COc1ccc(-c2cc(N3CCN(C4=NCCCN4)CC3)ncn2)cc1. The van der Waals surface area contributed by atoms with E-state index in [4.69, 9.17) is 4.74 Å². The summed E-state index contributed by atoms with van der Waals surface area (Å²) in [6.07, 6.45) is 2.77. The number of hydrogen-bond acceptors (Lipinski definition) is 7. The number of anilines is 1. The van der Waals surface area contributed by atoms with Gasteiger partial charge in [0, 0.05) is 50.9 Å². The van der Waals surface area contributed by atoms with Gasteiger partial charge >= 0.3 is 0 Å². The summed E-state index contributed by atoms with van der Waals surface area (Å²) in [6.45, 7) is 5.72. The number of methoxy groups -OCH3 is 1. The molecular weight excluding hydrogens is 328 g/mol. The van der Waals surface area contributed by atoms with Gasteiger partial charge in [0.25, 0.3) is 0 Å². The first-order valence-electron chi connectivity index (χ1n) is 9.08. The number of nitrogens with one attached hydrogen (secondary N) is 1. The van der Waals surface area contributed by atoms with Crippen LogP contribution in [-0.2, 0) is 0 Å². The number of ether oxygens (including phenoxy) is 1. The minimum atomic E-state index is 0.846. The molecule has 7 heteroatoms. The van der Waals surface area contributed by atoms with E-state index in [9.17, 15) is 0 Å². The van der Waals surface area contributed by atoms with Crippen LogP contribution < -0.4 is 15.0 Å². The third-order valence-corrected chi connectivity index (χ3v) is 4.82. The molecule has 0 saturated carbocycles. The Kier molecular flexibility index (Phi) is 4.86. The average Bonchev–Trinajstić information content (AvgIpc) is 2.75. The maximum Gasteiger partial charge on any atom is 0.194 e. The highest BCUT2D eigenvalue weighted by Gasteiger charge is 2.21. The van der Waals surface area contributed by atoms with Crippen LogP contribution in [0.3, 0.4) is 0 Å². The lowest BCUT2D eigenvalue weighted by molar-refractivity contribution is 0.367. The Labute approximate surface area is 153 Å². The maximum atomic E-state index is 5.22. The van der Waals surface area contributed by atoms with Gasteiger partial charge < -0.3 is 19.9 Å². The lowest BCUT2D eigenvalue weighted by atomic mass is 10.1. The number of piperazine rings is 1. The van der Waals surface area contributed by atoms with Crippen LogP contribution >= 0.6 is 0 Å². The fraction of sp³-hybridized carbons (Fsp3) is 0.421. The van der Waals surface area contributed by atoms with E-state index in [0.29, 0.717) is 0 Å². The molecule has 1 fully saturated rings. The molecule has 7 nitrogen and oxygen atoms in total. The first kappa shape index (κ1) is 16.6. The van der Waals surface area contributed by atoms with Crippen molar-refractivity contribution < 1.29 is 4.74 Å². The highest BCUT2D eigenvalue weighted by Crippen LogP contribution is 2.23. The van der Waals surface area contributed by atoms with Crippen molar-refractivity contribution in [1.82, 2.24) is 20.2 Å². The zero-order chi connectivity index (χ0) is 17.8. The Morgan fingerprint density at radius 1 is 1.00 bits per heavy atom. The Bertz CT molecular complexity index is 768. The molecule has 2 aliphatic rings. The van der Waals surface area contributed by atoms with Crippen molar-refractivity contribution in [2.24, 2.45) is 4.99 Å². The molecule has 2 aromatic rings. The molecule has 0 amide bonds. The number of guanidine groups is 1. The van der Waals surface area contributed by atoms with Crippen LogP contribution in [0.15, 0.2) is 41.7 Å². The molecule has 1 aromatic carbocycles. The minimum Gasteiger partial charge on any atom is -0.497 e. The molecular formula is C19H24N6O. The van der Waals surface area contributed by atoms with Gasteiger partial charge in [-0.3, -0.25) is 4.99 Å². The Balaban J connectivity index is 1.44. The molecule has 26 heavy (non-hydrogen) atoms. The highest BCUT2D eigenvalue weighted by atomic mass is 16.5. The monoisotopic (exact) mass is 352 g/mol. The smallest absolute Gasteiger partial charge is 0.194 e. The lowest BCUT2D eigenvalue weighted by Crippen LogP contribution is -2.53. The van der Waals surface area contributed by atoms with E-state index in [-0.39, 0.29) is 0 Å². The van der Waals surface area contributed by atoms with Crippen LogP contribution in [0.25, 0.3) is 11.3 Å². The predicted molar refractivity (Wildman–Crippen MR) is 103 cm³/mol. The number of aliphatic imine (C=N–C) groups is 1. The normalized spacial score (nSPS) is 17.5. The zero-order valence-electron chi connectivity index (χ0n) is 15.1. The molecule has 0 spiro atoms. The molecule has 0 radical (unpaired) electrons. The predicted octanol–water partition coefficient (Wildman–Crippen LogP) is 1.62.